The molecule has 1 aliphatic rings. The van der Waals surface area contributed by atoms with Crippen LogP contribution >= 0.6 is 0 Å². The van der Waals surface area contributed by atoms with Gasteiger partial charge in [0.05, 0.1) is 10.5 Å². The number of H-pyrrole nitrogens is 2. The first kappa shape index (κ1) is 17.7. The lowest BCUT2D eigenvalue weighted by atomic mass is 10.1. The summed E-state index contributed by atoms with van der Waals surface area (Å²) >= 11 is 0. The van der Waals surface area contributed by atoms with Gasteiger partial charge >= 0.3 is 5.97 Å². The summed E-state index contributed by atoms with van der Waals surface area (Å²) in [6.45, 7) is 2.07. The maximum Gasteiger partial charge on any atom is 0.337 e. The van der Waals surface area contributed by atoms with Crippen molar-refractivity contribution >= 4 is 37.8 Å². The normalized spacial score (nSPS) is 16.9. The minimum Gasteiger partial charge on any atom is -0.478 e. The SMILES string of the molecule is CN1CCN(S(=O)(=O)c2ccc3[nH]c(=O)c4[nH]cc(C(=O)O)c4c3c2)CC1. The first-order valence-corrected chi connectivity index (χ1v) is 9.82. The van der Waals surface area contributed by atoms with Crippen molar-refractivity contribution in [3.8, 4) is 0 Å². The van der Waals surface area contributed by atoms with Crippen LogP contribution in [0.25, 0.3) is 21.8 Å². The standard InChI is InChI=1S/C17H18N4O5S/c1-20-4-6-21(7-5-20)27(25,26)10-2-3-13-11(8-10)14-12(17(23)24)9-18-15(14)16(22)19-13/h2-3,8-9,18H,4-7H2,1H3,(H,19,22)(H,23,24). The summed E-state index contributed by atoms with van der Waals surface area (Å²) in [5, 5.41) is 10.00. The zero-order valence-electron chi connectivity index (χ0n) is 14.5. The molecule has 3 heterocycles. The number of carbonyl (C=O) groups is 1. The Kier molecular flexibility index (Phi) is 4.06. The molecule has 1 saturated heterocycles. The summed E-state index contributed by atoms with van der Waals surface area (Å²) in [6.07, 6.45) is 1.24. The lowest BCUT2D eigenvalue weighted by Crippen LogP contribution is -2.47. The number of likely N-dealkylation sites (N-methyl/N-ethyl adjacent to an activating group) is 1. The van der Waals surface area contributed by atoms with Crippen LogP contribution in [0.4, 0.5) is 0 Å². The molecule has 1 aromatic carbocycles. The third-order valence-electron chi connectivity index (χ3n) is 4.95. The number of nitrogens with one attached hydrogen (secondary N) is 2. The van der Waals surface area contributed by atoms with Gasteiger partial charge in [0.2, 0.25) is 10.0 Å². The number of aromatic carboxylic acids is 1. The molecule has 0 aliphatic carbocycles. The fraction of sp³-hybridized carbons (Fsp3) is 0.294. The lowest BCUT2D eigenvalue weighted by Gasteiger charge is -2.31. The Balaban J connectivity index is 1.92. The second kappa shape index (κ2) is 6.19. The van der Waals surface area contributed by atoms with E-state index in [1.54, 1.807) is 0 Å². The van der Waals surface area contributed by atoms with E-state index in [4.69, 9.17) is 0 Å². The zero-order valence-corrected chi connectivity index (χ0v) is 15.3. The molecule has 10 heteroatoms. The highest BCUT2D eigenvalue weighted by Gasteiger charge is 2.28. The van der Waals surface area contributed by atoms with Crippen LogP contribution in [0.15, 0.2) is 34.1 Å². The van der Waals surface area contributed by atoms with Crippen molar-refractivity contribution in [2.24, 2.45) is 0 Å². The molecule has 4 rings (SSSR count). The second-order valence-corrected chi connectivity index (χ2v) is 8.56. The first-order chi connectivity index (χ1) is 12.8. The van der Waals surface area contributed by atoms with Gasteiger partial charge in [-0.25, -0.2) is 13.2 Å². The zero-order chi connectivity index (χ0) is 19.3. The predicted molar refractivity (Wildman–Crippen MR) is 99.6 cm³/mol. The number of hydrogen-bond donors (Lipinski definition) is 3. The van der Waals surface area contributed by atoms with E-state index in [0.717, 1.165) is 0 Å². The number of hydrogen-bond acceptors (Lipinski definition) is 5. The minimum atomic E-state index is -3.71. The minimum absolute atomic E-state index is 0.0738. The van der Waals surface area contributed by atoms with Gasteiger partial charge in [0.15, 0.2) is 0 Å². The van der Waals surface area contributed by atoms with Crippen LogP contribution in [0.5, 0.6) is 0 Å². The van der Waals surface area contributed by atoms with Crippen molar-refractivity contribution in [1.82, 2.24) is 19.2 Å². The summed E-state index contributed by atoms with van der Waals surface area (Å²) in [7, 11) is -1.78. The van der Waals surface area contributed by atoms with Crippen molar-refractivity contribution in [3.63, 3.8) is 0 Å². The molecule has 2 aromatic heterocycles. The van der Waals surface area contributed by atoms with Gasteiger partial charge in [-0.2, -0.15) is 4.31 Å². The van der Waals surface area contributed by atoms with E-state index in [0.29, 0.717) is 37.1 Å². The quantitative estimate of drug-likeness (QED) is 0.603. The van der Waals surface area contributed by atoms with E-state index in [9.17, 15) is 23.1 Å². The van der Waals surface area contributed by atoms with Crippen LogP contribution in [-0.2, 0) is 10.0 Å². The summed E-state index contributed by atoms with van der Waals surface area (Å²) in [5.41, 5.74) is -0.0455. The largest absolute Gasteiger partial charge is 0.478 e. The number of aromatic amines is 2. The summed E-state index contributed by atoms with van der Waals surface area (Å²) in [4.78, 5) is 31.2. The maximum atomic E-state index is 13.0. The Bertz CT molecular complexity index is 1220. The van der Waals surface area contributed by atoms with Crippen LogP contribution < -0.4 is 5.56 Å². The van der Waals surface area contributed by atoms with Gasteiger partial charge in [-0.1, -0.05) is 0 Å². The molecule has 0 saturated carbocycles. The highest BCUT2D eigenvalue weighted by atomic mass is 32.2. The van der Waals surface area contributed by atoms with Gasteiger partial charge in [0.1, 0.15) is 5.52 Å². The molecular formula is C17H18N4O5S. The molecule has 1 aliphatic heterocycles. The van der Waals surface area contributed by atoms with Gasteiger partial charge in [-0.05, 0) is 25.2 Å². The van der Waals surface area contributed by atoms with E-state index in [1.165, 1.54) is 28.7 Å². The van der Waals surface area contributed by atoms with Crippen LogP contribution in [0.2, 0.25) is 0 Å². The highest BCUT2D eigenvalue weighted by Crippen LogP contribution is 2.28. The molecule has 3 aromatic rings. The van der Waals surface area contributed by atoms with Gasteiger partial charge in [0, 0.05) is 48.7 Å². The fourth-order valence-electron chi connectivity index (χ4n) is 3.41. The average Bonchev–Trinajstić information content (AvgIpc) is 3.08. The van der Waals surface area contributed by atoms with Gasteiger partial charge in [-0.15, -0.1) is 0 Å². The number of carboxylic acids is 1. The molecule has 0 spiro atoms. The van der Waals surface area contributed by atoms with Crippen molar-refractivity contribution in [3.05, 3.63) is 40.3 Å². The van der Waals surface area contributed by atoms with E-state index in [-0.39, 0.29) is 21.4 Å². The van der Waals surface area contributed by atoms with Crippen molar-refractivity contribution in [2.45, 2.75) is 4.90 Å². The molecule has 1 fully saturated rings. The molecular weight excluding hydrogens is 372 g/mol. The molecule has 9 nitrogen and oxygen atoms in total. The Labute approximate surface area is 154 Å². The van der Waals surface area contributed by atoms with Crippen molar-refractivity contribution in [2.75, 3.05) is 33.2 Å². The third-order valence-corrected chi connectivity index (χ3v) is 6.84. The van der Waals surface area contributed by atoms with Crippen LogP contribution in [-0.4, -0.2) is 71.9 Å². The molecule has 0 amide bonds. The Morgan fingerprint density at radius 2 is 1.89 bits per heavy atom. The summed E-state index contributed by atoms with van der Waals surface area (Å²) < 4.78 is 27.4. The average molecular weight is 390 g/mol. The Morgan fingerprint density at radius 1 is 1.19 bits per heavy atom. The smallest absolute Gasteiger partial charge is 0.337 e. The Morgan fingerprint density at radius 3 is 2.56 bits per heavy atom. The number of pyridine rings is 1. The molecule has 0 atom stereocenters. The predicted octanol–water partition coefficient (Wildman–Crippen LogP) is 0.644. The number of benzene rings is 1. The second-order valence-electron chi connectivity index (χ2n) is 6.63. The topological polar surface area (TPSA) is 127 Å². The molecule has 0 bridgehead atoms. The van der Waals surface area contributed by atoms with Crippen molar-refractivity contribution < 1.29 is 18.3 Å². The molecule has 27 heavy (non-hydrogen) atoms. The Hall–Kier alpha value is -2.69. The van der Waals surface area contributed by atoms with Crippen LogP contribution in [0, 0.1) is 0 Å². The number of piperazine rings is 1. The fourth-order valence-corrected chi connectivity index (χ4v) is 4.86. The van der Waals surface area contributed by atoms with Gasteiger partial charge in [0.25, 0.3) is 5.56 Å². The molecule has 3 N–H and O–H groups in total. The van der Waals surface area contributed by atoms with E-state index < -0.39 is 21.6 Å². The molecule has 0 unspecified atom stereocenters. The number of rotatable bonds is 3. The first-order valence-electron chi connectivity index (χ1n) is 8.38. The summed E-state index contributed by atoms with van der Waals surface area (Å²) in [6, 6.07) is 4.37. The van der Waals surface area contributed by atoms with Gasteiger partial charge < -0.3 is 20.0 Å². The number of fused-ring (bicyclic) bond motifs is 3. The van der Waals surface area contributed by atoms with Gasteiger partial charge in [-0.3, -0.25) is 4.79 Å². The molecule has 142 valence electrons. The number of aromatic nitrogens is 2. The number of sulfonamides is 1. The lowest BCUT2D eigenvalue weighted by molar-refractivity contribution is 0.0699. The van der Waals surface area contributed by atoms with Crippen LogP contribution in [0.1, 0.15) is 10.4 Å². The van der Waals surface area contributed by atoms with Crippen molar-refractivity contribution in [1.29, 1.82) is 0 Å². The number of nitrogens with zero attached hydrogens (tertiary/aromatic N) is 2. The van der Waals surface area contributed by atoms with E-state index in [1.807, 2.05) is 7.05 Å². The highest BCUT2D eigenvalue weighted by molar-refractivity contribution is 7.89. The van der Waals surface area contributed by atoms with E-state index in [2.05, 4.69) is 14.9 Å². The van der Waals surface area contributed by atoms with Crippen LogP contribution in [0.3, 0.4) is 0 Å². The monoisotopic (exact) mass is 390 g/mol. The molecule has 0 radical (unpaired) electrons. The van der Waals surface area contributed by atoms with E-state index >= 15 is 0 Å². The number of carboxylic acid groups (broad SMARTS) is 1. The summed E-state index contributed by atoms with van der Waals surface area (Å²) in [5.74, 6) is -1.19. The third kappa shape index (κ3) is 2.82. The maximum absolute atomic E-state index is 13.0.